The molecule has 5 nitrogen and oxygen atoms in total. The highest BCUT2D eigenvalue weighted by molar-refractivity contribution is 6.16. The number of rotatable bonds is 6. The lowest BCUT2D eigenvalue weighted by molar-refractivity contribution is -0.136. The number of allylic oxidation sites excluding steroid dienone is 2. The first kappa shape index (κ1) is 23.8. The molecular formula is C29H34N2O3. The van der Waals surface area contributed by atoms with E-state index in [1.165, 1.54) is 31.1 Å². The Bertz CT molecular complexity index is 1230. The van der Waals surface area contributed by atoms with Gasteiger partial charge in [0.2, 0.25) is 0 Å². The average molecular weight is 459 g/mol. The molecule has 2 heterocycles. The Hall–Kier alpha value is -3.34. The number of benzene rings is 1. The lowest BCUT2D eigenvalue weighted by Crippen LogP contribution is -2.26. The topological polar surface area (TPSA) is 51.5 Å². The van der Waals surface area contributed by atoms with Crippen LogP contribution < -0.4 is 0 Å². The van der Waals surface area contributed by atoms with Gasteiger partial charge in [0.15, 0.2) is 0 Å². The van der Waals surface area contributed by atoms with E-state index in [4.69, 9.17) is 4.74 Å². The van der Waals surface area contributed by atoms with Crippen LogP contribution in [-0.2, 0) is 14.3 Å². The van der Waals surface area contributed by atoms with Crippen LogP contribution in [0.15, 0.2) is 58.8 Å². The largest absolute Gasteiger partial charge is 0.465 e. The Morgan fingerprint density at radius 1 is 1.12 bits per heavy atom. The first-order chi connectivity index (χ1) is 16.3. The van der Waals surface area contributed by atoms with Gasteiger partial charge in [-0.1, -0.05) is 29.8 Å². The van der Waals surface area contributed by atoms with E-state index in [1.54, 1.807) is 4.90 Å². The smallest absolute Gasteiger partial charge is 0.340 e. The molecule has 1 aromatic heterocycles. The fraction of sp³-hybridized carbons (Fsp3) is 0.379. The van der Waals surface area contributed by atoms with Crippen LogP contribution >= 0.6 is 0 Å². The fourth-order valence-electron chi connectivity index (χ4n) is 5.16. The molecule has 1 aliphatic carbocycles. The van der Waals surface area contributed by atoms with Crippen LogP contribution in [0.2, 0.25) is 0 Å². The Morgan fingerprint density at radius 2 is 1.88 bits per heavy atom. The van der Waals surface area contributed by atoms with Crippen molar-refractivity contribution in [2.24, 2.45) is 0 Å². The number of aromatic nitrogens is 1. The van der Waals surface area contributed by atoms with Crippen molar-refractivity contribution in [3.63, 3.8) is 0 Å². The number of nitrogens with zero attached hydrogens (tertiary/aromatic N) is 2. The molecule has 0 spiro atoms. The molecule has 0 bridgehead atoms. The van der Waals surface area contributed by atoms with Gasteiger partial charge in [0.05, 0.1) is 18.3 Å². The summed E-state index contributed by atoms with van der Waals surface area (Å²) < 4.78 is 7.27. The first-order valence-corrected chi connectivity index (χ1v) is 12.1. The minimum atomic E-state index is -0.468. The quantitative estimate of drug-likeness (QED) is 0.305. The standard InChI is InChI=1S/C29H34N2O3/c1-19-11-9-10-14-26(19)31-20(2)17-24(21(31)3)18-25-27(29(33)34-5)22(4)30(28(25)32)16-15-23-12-7-6-8-13-23/h9-12,14,17-18H,6-8,13,15-16H2,1-5H3/b25-18-. The minimum absolute atomic E-state index is 0.130. The van der Waals surface area contributed by atoms with Crippen LogP contribution in [0.25, 0.3) is 11.8 Å². The molecule has 34 heavy (non-hydrogen) atoms. The second-order valence-corrected chi connectivity index (χ2v) is 9.27. The number of ether oxygens (including phenoxy) is 1. The number of methoxy groups -OCH3 is 1. The van der Waals surface area contributed by atoms with Crippen LogP contribution in [-0.4, -0.2) is 35.0 Å². The maximum absolute atomic E-state index is 13.5. The van der Waals surface area contributed by atoms with Crippen LogP contribution in [0.3, 0.4) is 0 Å². The molecule has 1 amide bonds. The summed E-state index contributed by atoms with van der Waals surface area (Å²) in [6.45, 7) is 8.62. The summed E-state index contributed by atoms with van der Waals surface area (Å²) in [5.74, 6) is -0.598. The van der Waals surface area contributed by atoms with E-state index < -0.39 is 5.97 Å². The lowest BCUT2D eigenvalue weighted by atomic mass is 9.97. The highest BCUT2D eigenvalue weighted by atomic mass is 16.5. The van der Waals surface area contributed by atoms with E-state index >= 15 is 0 Å². The molecule has 1 aliphatic heterocycles. The summed E-state index contributed by atoms with van der Waals surface area (Å²) in [5, 5.41) is 0. The van der Waals surface area contributed by atoms with E-state index in [0.717, 1.165) is 41.9 Å². The maximum Gasteiger partial charge on any atom is 0.340 e. The zero-order valence-electron chi connectivity index (χ0n) is 20.9. The van der Waals surface area contributed by atoms with Crippen LogP contribution in [0.1, 0.15) is 61.5 Å². The summed E-state index contributed by atoms with van der Waals surface area (Å²) in [6, 6.07) is 10.3. The van der Waals surface area contributed by atoms with Gasteiger partial charge < -0.3 is 14.2 Å². The molecule has 2 aliphatic rings. The Morgan fingerprint density at radius 3 is 2.56 bits per heavy atom. The highest BCUT2D eigenvalue weighted by Crippen LogP contribution is 2.34. The molecule has 0 fully saturated rings. The number of aryl methyl sites for hydroxylation is 2. The number of amides is 1. The zero-order chi connectivity index (χ0) is 24.4. The highest BCUT2D eigenvalue weighted by Gasteiger charge is 2.37. The van der Waals surface area contributed by atoms with E-state index in [0.29, 0.717) is 23.4 Å². The third-order valence-electron chi connectivity index (χ3n) is 7.07. The number of hydrogen-bond donors (Lipinski definition) is 0. The molecule has 0 unspecified atom stereocenters. The van der Waals surface area contributed by atoms with E-state index in [2.05, 4.69) is 42.7 Å². The van der Waals surface area contributed by atoms with Gasteiger partial charge in [-0.25, -0.2) is 4.79 Å². The Balaban J connectivity index is 1.71. The third-order valence-corrected chi connectivity index (χ3v) is 7.07. The average Bonchev–Trinajstić information content (AvgIpc) is 3.24. The SMILES string of the molecule is COC(=O)C1=C(C)N(CCC2=CCCCC2)C(=O)/C1=C\c1cc(C)n(-c2ccccc2C)c1C. The number of carbonyl (C=O) groups excluding carboxylic acids is 2. The van der Waals surface area contributed by atoms with E-state index in [9.17, 15) is 9.59 Å². The van der Waals surface area contributed by atoms with Crippen molar-refractivity contribution in [2.45, 2.75) is 59.8 Å². The molecule has 0 atom stereocenters. The van der Waals surface area contributed by atoms with E-state index in [1.807, 2.05) is 32.1 Å². The molecule has 0 N–H and O–H groups in total. The third kappa shape index (κ3) is 4.39. The van der Waals surface area contributed by atoms with Crippen molar-refractivity contribution in [3.05, 3.63) is 81.3 Å². The normalized spacial score (nSPS) is 17.6. The molecule has 0 saturated carbocycles. The second kappa shape index (κ2) is 9.88. The molecule has 5 heteroatoms. The van der Waals surface area contributed by atoms with Crippen molar-refractivity contribution in [2.75, 3.05) is 13.7 Å². The van der Waals surface area contributed by atoms with Gasteiger partial charge in [-0.3, -0.25) is 4.79 Å². The predicted molar refractivity (Wildman–Crippen MR) is 136 cm³/mol. The number of carbonyl (C=O) groups is 2. The van der Waals surface area contributed by atoms with Gasteiger partial charge in [-0.2, -0.15) is 0 Å². The van der Waals surface area contributed by atoms with Gasteiger partial charge in [0.25, 0.3) is 5.91 Å². The Labute approximate surface area is 202 Å². The van der Waals surface area contributed by atoms with Gasteiger partial charge in [0, 0.05) is 29.3 Å². The molecule has 178 valence electrons. The minimum Gasteiger partial charge on any atom is -0.465 e. The molecule has 1 aromatic carbocycles. The van der Waals surface area contributed by atoms with Crippen molar-refractivity contribution >= 4 is 18.0 Å². The second-order valence-electron chi connectivity index (χ2n) is 9.27. The summed E-state index contributed by atoms with van der Waals surface area (Å²) in [5.41, 5.74) is 8.17. The Kier molecular flexibility index (Phi) is 6.92. The van der Waals surface area contributed by atoms with Crippen molar-refractivity contribution in [3.8, 4) is 5.69 Å². The number of para-hydroxylation sites is 1. The zero-order valence-corrected chi connectivity index (χ0v) is 20.9. The number of hydrogen-bond acceptors (Lipinski definition) is 3. The lowest BCUT2D eigenvalue weighted by Gasteiger charge is -2.20. The maximum atomic E-state index is 13.5. The van der Waals surface area contributed by atoms with Crippen molar-refractivity contribution < 1.29 is 14.3 Å². The van der Waals surface area contributed by atoms with Gasteiger partial charge in [-0.15, -0.1) is 0 Å². The van der Waals surface area contributed by atoms with Crippen molar-refractivity contribution in [1.82, 2.24) is 9.47 Å². The fourth-order valence-corrected chi connectivity index (χ4v) is 5.16. The molecule has 0 saturated heterocycles. The molecule has 4 rings (SSSR count). The van der Waals surface area contributed by atoms with Crippen LogP contribution in [0, 0.1) is 20.8 Å². The molecule has 2 aromatic rings. The van der Waals surface area contributed by atoms with Gasteiger partial charge in [0.1, 0.15) is 0 Å². The predicted octanol–water partition coefficient (Wildman–Crippen LogP) is 5.97. The van der Waals surface area contributed by atoms with Crippen molar-refractivity contribution in [1.29, 1.82) is 0 Å². The number of esters is 1. The first-order valence-electron chi connectivity index (χ1n) is 12.1. The van der Waals surface area contributed by atoms with Gasteiger partial charge >= 0.3 is 5.97 Å². The monoisotopic (exact) mass is 458 g/mol. The van der Waals surface area contributed by atoms with Crippen LogP contribution in [0.5, 0.6) is 0 Å². The van der Waals surface area contributed by atoms with E-state index in [-0.39, 0.29) is 5.91 Å². The summed E-state index contributed by atoms with van der Waals surface area (Å²) in [6.07, 6.45) is 9.67. The summed E-state index contributed by atoms with van der Waals surface area (Å²) in [7, 11) is 1.37. The summed E-state index contributed by atoms with van der Waals surface area (Å²) >= 11 is 0. The van der Waals surface area contributed by atoms with Gasteiger partial charge in [-0.05, 0) is 89.1 Å². The van der Waals surface area contributed by atoms with Crippen LogP contribution in [0.4, 0.5) is 0 Å². The summed E-state index contributed by atoms with van der Waals surface area (Å²) in [4.78, 5) is 28.0. The molecular weight excluding hydrogens is 424 g/mol. The molecule has 0 radical (unpaired) electrons.